The summed E-state index contributed by atoms with van der Waals surface area (Å²) in [5.41, 5.74) is 2.02. The highest BCUT2D eigenvalue weighted by Gasteiger charge is 2.25. The van der Waals surface area contributed by atoms with Crippen molar-refractivity contribution in [1.29, 1.82) is 0 Å². The van der Waals surface area contributed by atoms with Crippen LogP contribution in [0.15, 0.2) is 71.4 Å². The minimum atomic E-state index is -0.637. The molecule has 0 amide bonds. The average molecular weight is 578 g/mol. The molecule has 5 nitrogen and oxygen atoms in total. The van der Waals surface area contributed by atoms with Crippen LogP contribution in [0.1, 0.15) is 23.6 Å². The molecule has 0 saturated heterocycles. The normalized spacial score (nSPS) is 14.2. The van der Waals surface area contributed by atoms with Crippen molar-refractivity contribution in [2.75, 3.05) is 6.61 Å². The van der Waals surface area contributed by atoms with Crippen molar-refractivity contribution >= 4 is 52.1 Å². The highest BCUT2D eigenvalue weighted by Crippen LogP contribution is 2.38. The number of carbonyl (C=O) groups is 1. The molecule has 168 valence electrons. The molecule has 0 radical (unpaired) electrons. The number of benzene rings is 3. The Morgan fingerprint density at radius 1 is 1.12 bits per heavy atom. The Labute approximate surface area is 209 Å². The van der Waals surface area contributed by atoms with Gasteiger partial charge in [0.05, 0.1) is 11.6 Å². The van der Waals surface area contributed by atoms with E-state index in [0.717, 1.165) is 9.13 Å². The van der Waals surface area contributed by atoms with Gasteiger partial charge in [0.2, 0.25) is 5.90 Å². The molecule has 0 aliphatic carbocycles. The maximum absolute atomic E-state index is 13.5. The lowest BCUT2D eigenvalue weighted by Crippen LogP contribution is -2.05. The lowest BCUT2D eigenvalue weighted by atomic mass is 10.1. The van der Waals surface area contributed by atoms with Crippen LogP contribution in [0.4, 0.5) is 4.39 Å². The summed E-state index contributed by atoms with van der Waals surface area (Å²) in [5, 5.41) is 0.332. The van der Waals surface area contributed by atoms with E-state index >= 15 is 0 Å². The summed E-state index contributed by atoms with van der Waals surface area (Å²) in [6.45, 7) is 2.58. The number of halogens is 3. The van der Waals surface area contributed by atoms with Gasteiger partial charge in [-0.3, -0.25) is 0 Å². The summed E-state index contributed by atoms with van der Waals surface area (Å²) in [6, 6.07) is 17.0. The molecular weight excluding hydrogens is 560 g/mol. The second kappa shape index (κ2) is 10.4. The van der Waals surface area contributed by atoms with Gasteiger partial charge in [-0.2, -0.15) is 0 Å². The monoisotopic (exact) mass is 577 g/mol. The summed E-state index contributed by atoms with van der Waals surface area (Å²) < 4.78 is 31.5. The third-order valence-corrected chi connectivity index (χ3v) is 5.62. The highest BCUT2D eigenvalue weighted by atomic mass is 127. The molecule has 0 spiro atoms. The van der Waals surface area contributed by atoms with Crippen LogP contribution in [0.25, 0.3) is 6.08 Å². The van der Waals surface area contributed by atoms with E-state index in [0.29, 0.717) is 40.9 Å². The van der Waals surface area contributed by atoms with Crippen molar-refractivity contribution in [1.82, 2.24) is 0 Å². The third-order valence-electron chi connectivity index (χ3n) is 4.62. The zero-order valence-electron chi connectivity index (χ0n) is 17.5. The zero-order chi connectivity index (χ0) is 23.4. The fourth-order valence-corrected chi connectivity index (χ4v) is 3.76. The van der Waals surface area contributed by atoms with Gasteiger partial charge < -0.3 is 14.2 Å². The van der Waals surface area contributed by atoms with Crippen LogP contribution >= 0.6 is 34.2 Å². The van der Waals surface area contributed by atoms with Crippen molar-refractivity contribution < 1.29 is 23.4 Å². The topological polar surface area (TPSA) is 57.1 Å². The van der Waals surface area contributed by atoms with Crippen LogP contribution in [0.3, 0.4) is 0 Å². The molecule has 4 rings (SSSR count). The van der Waals surface area contributed by atoms with Crippen LogP contribution in [0.2, 0.25) is 5.02 Å². The van der Waals surface area contributed by atoms with E-state index in [-0.39, 0.29) is 11.6 Å². The van der Waals surface area contributed by atoms with E-state index in [2.05, 4.69) is 27.6 Å². The summed E-state index contributed by atoms with van der Waals surface area (Å²) in [6.07, 6.45) is 1.53. The van der Waals surface area contributed by atoms with E-state index in [1.165, 1.54) is 24.3 Å². The van der Waals surface area contributed by atoms with Crippen molar-refractivity contribution in [2.24, 2.45) is 4.99 Å². The fraction of sp³-hybridized carbons (Fsp3) is 0.120. The number of carbonyl (C=O) groups excluding carboxylic acids is 1. The molecule has 8 heteroatoms. The molecule has 0 bridgehead atoms. The molecule has 0 saturated carbocycles. The first kappa shape index (κ1) is 23.3. The predicted octanol–water partition coefficient (Wildman–Crippen LogP) is 6.41. The predicted molar refractivity (Wildman–Crippen MR) is 133 cm³/mol. The lowest BCUT2D eigenvalue weighted by Gasteiger charge is -2.14. The van der Waals surface area contributed by atoms with Gasteiger partial charge in [-0.15, -0.1) is 0 Å². The Morgan fingerprint density at radius 3 is 2.64 bits per heavy atom. The molecule has 0 N–H and O–H groups in total. The first-order chi connectivity index (χ1) is 15.9. The van der Waals surface area contributed by atoms with Crippen LogP contribution in [-0.4, -0.2) is 18.5 Å². The van der Waals surface area contributed by atoms with Gasteiger partial charge in [0.1, 0.15) is 12.4 Å². The lowest BCUT2D eigenvalue weighted by molar-refractivity contribution is -0.129. The van der Waals surface area contributed by atoms with Gasteiger partial charge in [0.15, 0.2) is 17.2 Å². The molecule has 33 heavy (non-hydrogen) atoms. The Hall–Kier alpha value is -2.91. The van der Waals surface area contributed by atoms with E-state index in [9.17, 15) is 9.18 Å². The Balaban J connectivity index is 1.61. The second-order valence-electron chi connectivity index (χ2n) is 7.02. The van der Waals surface area contributed by atoms with E-state index in [1.807, 2.05) is 31.2 Å². The highest BCUT2D eigenvalue weighted by molar-refractivity contribution is 14.1. The van der Waals surface area contributed by atoms with Gasteiger partial charge >= 0.3 is 5.97 Å². The molecule has 0 aromatic heterocycles. The first-order valence-corrected chi connectivity index (χ1v) is 11.5. The number of nitrogens with zero attached hydrogens (tertiary/aromatic N) is 1. The summed E-state index contributed by atoms with van der Waals surface area (Å²) in [4.78, 5) is 16.5. The minimum Gasteiger partial charge on any atom is -0.490 e. The Bertz CT molecular complexity index is 1260. The van der Waals surface area contributed by atoms with Gasteiger partial charge in [-0.05, 0) is 89.2 Å². The van der Waals surface area contributed by atoms with Gasteiger partial charge in [-0.1, -0.05) is 29.8 Å². The number of esters is 1. The molecule has 1 heterocycles. The molecule has 0 atom stereocenters. The maximum Gasteiger partial charge on any atom is 0.363 e. The zero-order valence-corrected chi connectivity index (χ0v) is 20.4. The maximum atomic E-state index is 13.5. The molecule has 1 aliphatic rings. The van der Waals surface area contributed by atoms with E-state index in [4.69, 9.17) is 25.8 Å². The Kier molecular flexibility index (Phi) is 7.29. The molecule has 0 unspecified atom stereocenters. The summed E-state index contributed by atoms with van der Waals surface area (Å²) in [5.74, 6) is -0.181. The minimum absolute atomic E-state index is 0.0411. The smallest absolute Gasteiger partial charge is 0.363 e. The van der Waals surface area contributed by atoms with Crippen molar-refractivity contribution in [3.05, 3.63) is 97.5 Å². The molecule has 0 fully saturated rings. The van der Waals surface area contributed by atoms with Gasteiger partial charge in [0.25, 0.3) is 0 Å². The van der Waals surface area contributed by atoms with Crippen LogP contribution in [0, 0.1) is 9.39 Å². The number of ether oxygens (including phenoxy) is 3. The van der Waals surface area contributed by atoms with Crippen LogP contribution in [0.5, 0.6) is 11.5 Å². The van der Waals surface area contributed by atoms with Crippen molar-refractivity contribution in [3.63, 3.8) is 0 Å². The SMILES string of the molecule is CCOc1cc(/C=C2\N=C(c3cccc(F)c3)OC2=O)cc(Cl)c1OCc1ccc(I)cc1. The van der Waals surface area contributed by atoms with Crippen molar-refractivity contribution in [2.45, 2.75) is 13.5 Å². The number of hydrogen-bond donors (Lipinski definition) is 0. The number of aliphatic imine (C=N–C) groups is 1. The standard InChI is InChI=1S/C25H18ClFINO4/c1-2-31-22-12-16(10-20(26)23(22)32-14-15-6-8-19(28)9-7-15)11-21-25(30)33-24(29-21)17-4-3-5-18(27)13-17/h3-13H,2,14H2,1H3/b21-11-. The van der Waals surface area contributed by atoms with Crippen LogP contribution in [-0.2, 0) is 16.1 Å². The summed E-state index contributed by atoms with van der Waals surface area (Å²) in [7, 11) is 0. The number of cyclic esters (lactones) is 1. The summed E-state index contributed by atoms with van der Waals surface area (Å²) >= 11 is 8.74. The molecule has 3 aromatic carbocycles. The van der Waals surface area contributed by atoms with Gasteiger partial charge in [-0.25, -0.2) is 14.2 Å². The fourth-order valence-electron chi connectivity index (χ4n) is 3.12. The number of rotatable bonds is 7. The Morgan fingerprint density at radius 2 is 1.91 bits per heavy atom. The molecule has 3 aromatic rings. The van der Waals surface area contributed by atoms with E-state index in [1.54, 1.807) is 18.2 Å². The average Bonchev–Trinajstić information content (AvgIpc) is 3.15. The first-order valence-electron chi connectivity index (χ1n) is 10.0. The second-order valence-corrected chi connectivity index (χ2v) is 8.68. The largest absolute Gasteiger partial charge is 0.490 e. The van der Waals surface area contributed by atoms with Gasteiger partial charge in [0, 0.05) is 9.13 Å². The molecule has 1 aliphatic heterocycles. The van der Waals surface area contributed by atoms with Crippen molar-refractivity contribution in [3.8, 4) is 11.5 Å². The quantitative estimate of drug-likeness (QED) is 0.185. The third kappa shape index (κ3) is 5.72. The number of hydrogen-bond acceptors (Lipinski definition) is 5. The van der Waals surface area contributed by atoms with Crippen LogP contribution < -0.4 is 9.47 Å². The van der Waals surface area contributed by atoms with E-state index < -0.39 is 11.8 Å². The molecular formula is C25H18ClFINO4.